The molecule has 3 rings (SSSR count). The average Bonchev–Trinajstić information content (AvgIpc) is 3.01. The van der Waals surface area contributed by atoms with Crippen molar-refractivity contribution >= 4 is 5.82 Å². The Morgan fingerprint density at radius 2 is 1.91 bits per heavy atom. The average molecular weight is 298 g/mol. The predicted molar refractivity (Wildman–Crippen MR) is 87.5 cm³/mol. The van der Waals surface area contributed by atoms with Gasteiger partial charge >= 0.3 is 0 Å². The minimum atomic E-state index is 0.447. The standard InChI is InChI=1S/C17H22N4O/c1-20(2)16-12-21(17-10-18-8-9-19-17)11-15(16)13-4-6-14(22-3)7-5-13/h4-10,15-16H,11-12H2,1-3H3/t15-,16+/m0/s1. The summed E-state index contributed by atoms with van der Waals surface area (Å²) in [5.41, 5.74) is 1.34. The molecule has 1 aliphatic rings. The highest BCUT2D eigenvalue weighted by molar-refractivity contribution is 5.42. The number of methoxy groups -OCH3 is 1. The van der Waals surface area contributed by atoms with Crippen molar-refractivity contribution in [2.24, 2.45) is 0 Å². The summed E-state index contributed by atoms with van der Waals surface area (Å²) < 4.78 is 5.26. The molecule has 0 radical (unpaired) electrons. The Hall–Kier alpha value is -2.14. The van der Waals surface area contributed by atoms with Gasteiger partial charge in [0.2, 0.25) is 0 Å². The molecule has 1 aromatic heterocycles. The third kappa shape index (κ3) is 2.90. The van der Waals surface area contributed by atoms with Gasteiger partial charge in [-0.3, -0.25) is 4.98 Å². The molecule has 0 amide bonds. The first-order chi connectivity index (χ1) is 10.7. The second kappa shape index (κ2) is 6.32. The van der Waals surface area contributed by atoms with Crippen LogP contribution in [0.1, 0.15) is 11.5 Å². The molecule has 22 heavy (non-hydrogen) atoms. The number of hydrogen-bond donors (Lipinski definition) is 0. The van der Waals surface area contributed by atoms with Crippen molar-refractivity contribution in [3.8, 4) is 5.75 Å². The van der Waals surface area contributed by atoms with Gasteiger partial charge in [-0.25, -0.2) is 4.98 Å². The van der Waals surface area contributed by atoms with Crippen LogP contribution in [-0.4, -0.2) is 55.2 Å². The molecule has 2 aromatic rings. The minimum absolute atomic E-state index is 0.447. The number of ether oxygens (including phenoxy) is 1. The Kier molecular flexibility index (Phi) is 4.24. The van der Waals surface area contributed by atoms with Gasteiger partial charge in [-0.05, 0) is 31.8 Å². The molecule has 5 nitrogen and oxygen atoms in total. The van der Waals surface area contributed by atoms with Crippen molar-refractivity contribution in [3.63, 3.8) is 0 Å². The zero-order valence-electron chi connectivity index (χ0n) is 13.3. The first-order valence-electron chi connectivity index (χ1n) is 7.50. The van der Waals surface area contributed by atoms with Crippen LogP contribution in [0.3, 0.4) is 0 Å². The Labute approximate surface area is 131 Å². The van der Waals surface area contributed by atoms with E-state index >= 15 is 0 Å². The number of nitrogens with zero attached hydrogens (tertiary/aromatic N) is 4. The lowest BCUT2D eigenvalue weighted by Crippen LogP contribution is -2.34. The Balaban J connectivity index is 1.85. The lowest BCUT2D eigenvalue weighted by atomic mass is 9.93. The van der Waals surface area contributed by atoms with E-state index in [9.17, 15) is 0 Å². The molecular weight excluding hydrogens is 276 g/mol. The lowest BCUT2D eigenvalue weighted by Gasteiger charge is -2.25. The van der Waals surface area contributed by atoms with E-state index in [4.69, 9.17) is 4.74 Å². The molecule has 0 N–H and O–H groups in total. The molecule has 0 saturated carbocycles. The summed E-state index contributed by atoms with van der Waals surface area (Å²) in [4.78, 5) is 13.2. The first kappa shape index (κ1) is 14.8. The zero-order valence-corrected chi connectivity index (χ0v) is 13.3. The number of aromatic nitrogens is 2. The normalized spacial score (nSPS) is 21.4. The highest BCUT2D eigenvalue weighted by Crippen LogP contribution is 2.33. The van der Waals surface area contributed by atoms with Crippen LogP contribution in [0.5, 0.6) is 5.75 Å². The number of likely N-dealkylation sites (N-methyl/N-ethyl adjacent to an activating group) is 1. The summed E-state index contributed by atoms with van der Waals surface area (Å²) in [6.45, 7) is 1.91. The Bertz CT molecular complexity index is 600. The topological polar surface area (TPSA) is 41.5 Å². The molecule has 116 valence electrons. The van der Waals surface area contributed by atoms with E-state index in [1.165, 1.54) is 5.56 Å². The molecule has 0 unspecified atom stereocenters. The summed E-state index contributed by atoms with van der Waals surface area (Å²) in [6, 6.07) is 8.86. The summed E-state index contributed by atoms with van der Waals surface area (Å²) in [5.74, 6) is 2.29. The number of benzene rings is 1. The molecule has 0 aliphatic carbocycles. The SMILES string of the molecule is COc1ccc([C@@H]2CN(c3cnccn3)C[C@H]2N(C)C)cc1. The van der Waals surface area contributed by atoms with Crippen LogP contribution in [0.25, 0.3) is 0 Å². The van der Waals surface area contributed by atoms with Crippen LogP contribution >= 0.6 is 0 Å². The highest BCUT2D eigenvalue weighted by atomic mass is 16.5. The van der Waals surface area contributed by atoms with E-state index in [-0.39, 0.29) is 0 Å². The summed E-state index contributed by atoms with van der Waals surface area (Å²) in [7, 11) is 5.98. The predicted octanol–water partition coefficient (Wildman–Crippen LogP) is 2.02. The van der Waals surface area contributed by atoms with Gasteiger partial charge in [0.1, 0.15) is 11.6 Å². The van der Waals surface area contributed by atoms with E-state index < -0.39 is 0 Å². The fraction of sp³-hybridized carbons (Fsp3) is 0.412. The van der Waals surface area contributed by atoms with E-state index in [2.05, 4.69) is 46.0 Å². The van der Waals surface area contributed by atoms with Gasteiger partial charge < -0.3 is 14.5 Å². The number of rotatable bonds is 4. The largest absolute Gasteiger partial charge is 0.497 e. The van der Waals surface area contributed by atoms with Crippen molar-refractivity contribution in [2.75, 3.05) is 39.2 Å². The van der Waals surface area contributed by atoms with Crippen molar-refractivity contribution in [1.29, 1.82) is 0 Å². The van der Waals surface area contributed by atoms with Gasteiger partial charge in [0.25, 0.3) is 0 Å². The molecular formula is C17H22N4O. The van der Waals surface area contributed by atoms with Gasteiger partial charge in [0.05, 0.1) is 13.3 Å². The lowest BCUT2D eigenvalue weighted by molar-refractivity contribution is 0.292. The quantitative estimate of drug-likeness (QED) is 0.864. The van der Waals surface area contributed by atoms with Crippen LogP contribution < -0.4 is 9.64 Å². The van der Waals surface area contributed by atoms with E-state index in [1.54, 1.807) is 19.5 Å². The van der Waals surface area contributed by atoms with E-state index in [0.717, 1.165) is 24.7 Å². The van der Waals surface area contributed by atoms with Crippen molar-refractivity contribution in [2.45, 2.75) is 12.0 Å². The van der Waals surface area contributed by atoms with Gasteiger partial charge in [0.15, 0.2) is 0 Å². The maximum absolute atomic E-state index is 5.26. The summed E-state index contributed by atoms with van der Waals surface area (Å²) in [6.07, 6.45) is 5.30. The molecule has 1 saturated heterocycles. The Morgan fingerprint density at radius 3 is 2.50 bits per heavy atom. The van der Waals surface area contributed by atoms with Gasteiger partial charge in [0, 0.05) is 37.4 Å². The first-order valence-corrected chi connectivity index (χ1v) is 7.50. The van der Waals surface area contributed by atoms with Crippen molar-refractivity contribution < 1.29 is 4.74 Å². The Morgan fingerprint density at radius 1 is 1.14 bits per heavy atom. The molecule has 2 heterocycles. The molecule has 2 atom stereocenters. The van der Waals surface area contributed by atoms with Gasteiger partial charge in [-0.15, -0.1) is 0 Å². The van der Waals surface area contributed by atoms with Gasteiger partial charge in [-0.1, -0.05) is 12.1 Å². The number of anilines is 1. The van der Waals surface area contributed by atoms with Crippen LogP contribution in [0.2, 0.25) is 0 Å². The second-order valence-electron chi connectivity index (χ2n) is 5.88. The fourth-order valence-electron chi connectivity index (χ4n) is 3.13. The maximum Gasteiger partial charge on any atom is 0.147 e. The summed E-state index contributed by atoms with van der Waals surface area (Å²) in [5, 5.41) is 0. The van der Waals surface area contributed by atoms with Crippen LogP contribution in [0.15, 0.2) is 42.9 Å². The third-order valence-electron chi connectivity index (χ3n) is 4.37. The zero-order chi connectivity index (χ0) is 15.5. The number of hydrogen-bond acceptors (Lipinski definition) is 5. The molecule has 1 aliphatic heterocycles. The van der Waals surface area contributed by atoms with Gasteiger partial charge in [-0.2, -0.15) is 0 Å². The van der Waals surface area contributed by atoms with Crippen LogP contribution in [0, 0.1) is 0 Å². The maximum atomic E-state index is 5.26. The van der Waals surface area contributed by atoms with Crippen molar-refractivity contribution in [1.82, 2.24) is 14.9 Å². The molecule has 1 aromatic carbocycles. The fourth-order valence-corrected chi connectivity index (χ4v) is 3.13. The second-order valence-corrected chi connectivity index (χ2v) is 5.88. The van der Waals surface area contributed by atoms with Crippen molar-refractivity contribution in [3.05, 3.63) is 48.4 Å². The molecule has 0 spiro atoms. The third-order valence-corrected chi connectivity index (χ3v) is 4.37. The smallest absolute Gasteiger partial charge is 0.147 e. The van der Waals surface area contributed by atoms with E-state index in [0.29, 0.717) is 12.0 Å². The highest BCUT2D eigenvalue weighted by Gasteiger charge is 2.35. The molecule has 5 heteroatoms. The molecule has 0 bridgehead atoms. The van der Waals surface area contributed by atoms with Crippen LogP contribution in [0.4, 0.5) is 5.82 Å². The molecule has 1 fully saturated rings. The van der Waals surface area contributed by atoms with Crippen LogP contribution in [-0.2, 0) is 0 Å². The monoisotopic (exact) mass is 298 g/mol. The summed E-state index contributed by atoms with van der Waals surface area (Å²) >= 11 is 0. The van der Waals surface area contributed by atoms with E-state index in [1.807, 2.05) is 18.3 Å². The minimum Gasteiger partial charge on any atom is -0.497 e.